The maximum absolute atomic E-state index is 13.1. The summed E-state index contributed by atoms with van der Waals surface area (Å²) in [6, 6.07) is 13.9. The summed E-state index contributed by atoms with van der Waals surface area (Å²) < 4.78 is 50.8. The smallest absolute Gasteiger partial charge is 0.416 e. The van der Waals surface area contributed by atoms with Gasteiger partial charge in [-0.15, -0.1) is 0 Å². The number of nitrogens with zero attached hydrogens (tertiary/aromatic N) is 2. The molecule has 168 valence electrons. The van der Waals surface area contributed by atoms with Gasteiger partial charge in [-0.1, -0.05) is 42.5 Å². The number of ether oxygens (including phenoxy) is 2. The van der Waals surface area contributed by atoms with E-state index in [1.165, 1.54) is 19.2 Å². The fraction of sp³-hybridized carbons (Fsp3) is 0.261. The van der Waals surface area contributed by atoms with E-state index in [2.05, 4.69) is 9.97 Å². The Hall–Kier alpha value is -3.46. The van der Waals surface area contributed by atoms with Gasteiger partial charge in [-0.05, 0) is 43.2 Å². The Balaban J connectivity index is 2.21. The van der Waals surface area contributed by atoms with Crippen LogP contribution < -0.4 is 4.74 Å². The zero-order valence-electron chi connectivity index (χ0n) is 17.6. The number of hydrogen-bond donors (Lipinski definition) is 1. The molecule has 0 fully saturated rings. The number of aromatic nitrogens is 2. The molecule has 0 amide bonds. The molecule has 0 unspecified atom stereocenters. The van der Waals surface area contributed by atoms with Crippen LogP contribution >= 0.6 is 0 Å². The van der Waals surface area contributed by atoms with E-state index in [0.29, 0.717) is 17.0 Å². The number of carboxylic acid groups (broad SMARTS) is 1. The molecule has 0 radical (unpaired) electrons. The number of carboxylic acids is 1. The molecule has 1 N–H and O–H groups in total. The Morgan fingerprint density at radius 1 is 0.906 bits per heavy atom. The molecular formula is C23H21F3N2O4. The average Bonchev–Trinajstić information content (AvgIpc) is 2.73. The van der Waals surface area contributed by atoms with Gasteiger partial charge in [0.05, 0.1) is 5.56 Å². The van der Waals surface area contributed by atoms with Crippen LogP contribution in [-0.2, 0) is 21.3 Å². The molecule has 2 aromatic carbocycles. The number of hydrogen-bond acceptors (Lipinski definition) is 5. The first kappa shape index (κ1) is 23.2. The second kappa shape index (κ2) is 8.96. The van der Waals surface area contributed by atoms with E-state index < -0.39 is 29.4 Å². The lowest BCUT2D eigenvalue weighted by molar-refractivity contribution is -0.160. The molecule has 1 heterocycles. The molecule has 0 aliphatic heterocycles. The molecule has 9 heteroatoms. The van der Waals surface area contributed by atoms with Crippen molar-refractivity contribution >= 4 is 5.97 Å². The van der Waals surface area contributed by atoms with Crippen molar-refractivity contribution in [2.45, 2.75) is 31.7 Å². The Morgan fingerprint density at radius 3 is 1.88 bits per heavy atom. The maximum Gasteiger partial charge on any atom is 0.416 e. The van der Waals surface area contributed by atoms with Crippen LogP contribution in [0.2, 0.25) is 0 Å². The molecule has 0 spiro atoms. The summed E-state index contributed by atoms with van der Waals surface area (Å²) in [5, 5.41) is 10.1. The van der Waals surface area contributed by atoms with E-state index in [1.54, 1.807) is 50.2 Å². The van der Waals surface area contributed by atoms with Crippen LogP contribution in [0.1, 0.15) is 28.1 Å². The summed E-state index contributed by atoms with van der Waals surface area (Å²) >= 11 is 0. The summed E-state index contributed by atoms with van der Waals surface area (Å²) in [4.78, 5) is 20.7. The molecule has 0 saturated carbocycles. The highest BCUT2D eigenvalue weighted by Crippen LogP contribution is 2.40. The van der Waals surface area contributed by atoms with Crippen LogP contribution in [0.5, 0.6) is 6.01 Å². The molecule has 2 atom stereocenters. The summed E-state index contributed by atoms with van der Waals surface area (Å²) in [6.45, 7) is 3.40. The third kappa shape index (κ3) is 4.57. The van der Waals surface area contributed by atoms with Gasteiger partial charge in [-0.25, -0.2) is 14.8 Å². The van der Waals surface area contributed by atoms with Crippen molar-refractivity contribution in [2.24, 2.45) is 0 Å². The Morgan fingerprint density at radius 2 is 1.41 bits per heavy atom. The number of benzene rings is 2. The van der Waals surface area contributed by atoms with Gasteiger partial charge < -0.3 is 14.6 Å². The van der Waals surface area contributed by atoms with E-state index in [4.69, 9.17) is 9.47 Å². The van der Waals surface area contributed by atoms with Crippen molar-refractivity contribution in [1.29, 1.82) is 0 Å². The van der Waals surface area contributed by atoms with Gasteiger partial charge in [0.2, 0.25) is 6.10 Å². The fourth-order valence-corrected chi connectivity index (χ4v) is 3.56. The zero-order valence-corrected chi connectivity index (χ0v) is 17.6. The first-order valence-corrected chi connectivity index (χ1v) is 9.58. The lowest BCUT2D eigenvalue weighted by Gasteiger charge is -2.37. The zero-order chi connectivity index (χ0) is 23.5. The van der Waals surface area contributed by atoms with Crippen LogP contribution in [0, 0.1) is 13.8 Å². The van der Waals surface area contributed by atoms with Crippen LogP contribution in [0.25, 0.3) is 0 Å². The normalized spacial score (nSPS) is 14.4. The summed E-state index contributed by atoms with van der Waals surface area (Å²) in [5.74, 6) is -1.40. The van der Waals surface area contributed by atoms with E-state index in [1.807, 2.05) is 0 Å². The molecule has 0 aliphatic rings. The third-order valence-corrected chi connectivity index (χ3v) is 4.94. The number of aryl methyl sites for hydroxylation is 2. The van der Waals surface area contributed by atoms with E-state index in [0.717, 1.165) is 12.1 Å². The number of halogens is 3. The average molecular weight is 446 g/mol. The molecule has 0 bridgehead atoms. The lowest BCUT2D eigenvalue weighted by Crippen LogP contribution is -2.50. The number of alkyl halides is 3. The van der Waals surface area contributed by atoms with Gasteiger partial charge in [0, 0.05) is 18.5 Å². The minimum atomic E-state index is -4.54. The SMILES string of the molecule is CO[C@@](c1ccccc1)(c1ccc(C(F)(F)F)cc1)[C@@H](Oc1nc(C)cc(C)n1)C(=O)O. The first-order chi connectivity index (χ1) is 15.1. The van der Waals surface area contributed by atoms with Crippen LogP contribution in [0.3, 0.4) is 0 Å². The number of methoxy groups -OCH3 is 1. The van der Waals surface area contributed by atoms with Crippen molar-refractivity contribution in [1.82, 2.24) is 9.97 Å². The highest BCUT2D eigenvalue weighted by atomic mass is 19.4. The molecule has 32 heavy (non-hydrogen) atoms. The van der Waals surface area contributed by atoms with Crippen LogP contribution in [0.15, 0.2) is 60.7 Å². The van der Waals surface area contributed by atoms with Crippen molar-refractivity contribution in [2.75, 3.05) is 7.11 Å². The predicted molar refractivity (Wildman–Crippen MR) is 109 cm³/mol. The van der Waals surface area contributed by atoms with Crippen LogP contribution in [-0.4, -0.2) is 34.3 Å². The standard InChI is InChI=1S/C23H21F3N2O4/c1-14-13-15(2)28-21(27-14)32-19(20(29)30)22(31-3,16-7-5-4-6-8-16)17-9-11-18(12-10-17)23(24,25)26/h4-13,19H,1-3H3,(H,29,30)/t19-,22-/m0/s1. The van der Waals surface area contributed by atoms with Crippen molar-refractivity contribution in [3.8, 4) is 6.01 Å². The van der Waals surface area contributed by atoms with Gasteiger partial charge in [0.15, 0.2) is 5.60 Å². The van der Waals surface area contributed by atoms with Crippen molar-refractivity contribution < 1.29 is 32.5 Å². The molecule has 0 saturated heterocycles. The number of carbonyl (C=O) groups is 1. The minimum absolute atomic E-state index is 0.163. The van der Waals surface area contributed by atoms with Gasteiger partial charge in [-0.3, -0.25) is 0 Å². The van der Waals surface area contributed by atoms with E-state index in [9.17, 15) is 23.1 Å². The second-order valence-electron chi connectivity index (χ2n) is 7.15. The summed E-state index contributed by atoms with van der Waals surface area (Å²) in [7, 11) is 1.27. The number of aliphatic carboxylic acids is 1. The van der Waals surface area contributed by atoms with Gasteiger partial charge in [-0.2, -0.15) is 13.2 Å². The highest BCUT2D eigenvalue weighted by Gasteiger charge is 2.49. The Bertz CT molecular complexity index is 1070. The molecule has 1 aromatic heterocycles. The Kier molecular flexibility index (Phi) is 6.50. The molecular weight excluding hydrogens is 425 g/mol. The van der Waals surface area contributed by atoms with Gasteiger partial charge >= 0.3 is 18.2 Å². The third-order valence-electron chi connectivity index (χ3n) is 4.94. The largest absolute Gasteiger partial charge is 0.478 e. The van der Waals surface area contributed by atoms with Gasteiger partial charge in [0.1, 0.15) is 0 Å². The summed E-state index contributed by atoms with van der Waals surface area (Å²) in [6.07, 6.45) is -6.26. The molecule has 3 aromatic rings. The first-order valence-electron chi connectivity index (χ1n) is 9.58. The Labute approximate surface area is 182 Å². The van der Waals surface area contributed by atoms with E-state index >= 15 is 0 Å². The second-order valence-corrected chi connectivity index (χ2v) is 7.15. The van der Waals surface area contributed by atoms with Crippen molar-refractivity contribution in [3.05, 3.63) is 88.7 Å². The monoisotopic (exact) mass is 446 g/mol. The topological polar surface area (TPSA) is 81.5 Å². The fourth-order valence-electron chi connectivity index (χ4n) is 3.56. The maximum atomic E-state index is 13.1. The molecule has 0 aliphatic carbocycles. The number of rotatable bonds is 7. The van der Waals surface area contributed by atoms with Crippen LogP contribution in [0.4, 0.5) is 13.2 Å². The van der Waals surface area contributed by atoms with E-state index in [-0.39, 0.29) is 11.6 Å². The molecule has 3 rings (SSSR count). The van der Waals surface area contributed by atoms with Crippen molar-refractivity contribution in [3.63, 3.8) is 0 Å². The lowest BCUT2D eigenvalue weighted by atomic mass is 9.80. The van der Waals surface area contributed by atoms with Gasteiger partial charge in [0.25, 0.3) is 0 Å². The highest BCUT2D eigenvalue weighted by molar-refractivity contribution is 5.76. The minimum Gasteiger partial charge on any atom is -0.478 e. The summed E-state index contributed by atoms with van der Waals surface area (Å²) in [5.41, 5.74) is -0.999. The molecule has 6 nitrogen and oxygen atoms in total. The quantitative estimate of drug-likeness (QED) is 0.574. The predicted octanol–water partition coefficient (Wildman–Crippen LogP) is 4.53.